The van der Waals surface area contributed by atoms with Gasteiger partial charge in [0.15, 0.2) is 0 Å². The van der Waals surface area contributed by atoms with Gasteiger partial charge in [-0.2, -0.15) is 0 Å². The van der Waals surface area contributed by atoms with E-state index in [4.69, 9.17) is 0 Å². The lowest BCUT2D eigenvalue weighted by Crippen LogP contribution is -1.96. The minimum absolute atomic E-state index is 0.835. The standard InChI is InChI=1S/C11H14S/c1-3-10-7-9-5-4-8(2)6-11(9)12-10/h4-6,10H,3,7H2,1-2H3. The summed E-state index contributed by atoms with van der Waals surface area (Å²) >= 11 is 2.05. The Hall–Kier alpha value is -0.430. The monoisotopic (exact) mass is 178 g/mol. The molecular weight excluding hydrogens is 164 g/mol. The largest absolute Gasteiger partial charge is 0.122 e. The maximum atomic E-state index is 2.32. The molecule has 0 aliphatic carbocycles. The molecule has 1 heterocycles. The predicted molar refractivity (Wildman–Crippen MR) is 54.8 cm³/mol. The Morgan fingerprint density at radius 1 is 1.50 bits per heavy atom. The number of thioether (sulfide) groups is 1. The Morgan fingerprint density at radius 2 is 2.33 bits per heavy atom. The van der Waals surface area contributed by atoms with E-state index in [0.717, 1.165) is 5.25 Å². The fraction of sp³-hybridized carbons (Fsp3) is 0.455. The van der Waals surface area contributed by atoms with Crippen molar-refractivity contribution >= 4 is 11.8 Å². The van der Waals surface area contributed by atoms with Crippen LogP contribution in [-0.4, -0.2) is 5.25 Å². The summed E-state index contributed by atoms with van der Waals surface area (Å²) in [5.41, 5.74) is 2.94. The highest BCUT2D eigenvalue weighted by Gasteiger charge is 2.19. The highest BCUT2D eigenvalue weighted by Crippen LogP contribution is 2.38. The molecule has 64 valence electrons. The Morgan fingerprint density at radius 3 is 3.08 bits per heavy atom. The molecule has 1 atom stereocenters. The molecule has 0 radical (unpaired) electrons. The molecule has 1 aromatic rings. The summed E-state index contributed by atoms with van der Waals surface area (Å²) in [6, 6.07) is 6.82. The lowest BCUT2D eigenvalue weighted by Gasteiger charge is -2.00. The molecule has 0 amide bonds. The molecule has 0 spiro atoms. The number of aryl methyl sites for hydroxylation is 1. The molecule has 1 aliphatic heterocycles. The van der Waals surface area contributed by atoms with Crippen molar-refractivity contribution in [2.24, 2.45) is 0 Å². The number of benzene rings is 1. The summed E-state index contributed by atoms with van der Waals surface area (Å²) in [5.74, 6) is 0. The first kappa shape index (κ1) is 8.18. The Labute approximate surface area is 78.4 Å². The summed E-state index contributed by atoms with van der Waals surface area (Å²) in [4.78, 5) is 1.52. The van der Waals surface area contributed by atoms with E-state index in [1.807, 2.05) is 0 Å². The first-order valence-electron chi connectivity index (χ1n) is 4.56. The lowest BCUT2D eigenvalue weighted by molar-refractivity contribution is 0.830. The van der Waals surface area contributed by atoms with Crippen molar-refractivity contribution in [1.29, 1.82) is 0 Å². The zero-order chi connectivity index (χ0) is 8.55. The number of hydrogen-bond acceptors (Lipinski definition) is 1. The summed E-state index contributed by atoms with van der Waals surface area (Å²) in [6.07, 6.45) is 2.56. The average Bonchev–Trinajstić information content (AvgIpc) is 2.46. The van der Waals surface area contributed by atoms with Crippen molar-refractivity contribution in [3.63, 3.8) is 0 Å². The van der Waals surface area contributed by atoms with Gasteiger partial charge in [0.05, 0.1) is 0 Å². The van der Waals surface area contributed by atoms with Crippen LogP contribution < -0.4 is 0 Å². The van der Waals surface area contributed by atoms with Gasteiger partial charge in [0.2, 0.25) is 0 Å². The number of hydrogen-bond donors (Lipinski definition) is 0. The maximum absolute atomic E-state index is 2.32. The van der Waals surface area contributed by atoms with Gasteiger partial charge in [0.25, 0.3) is 0 Å². The van der Waals surface area contributed by atoms with Crippen LogP contribution in [0.5, 0.6) is 0 Å². The minimum Gasteiger partial charge on any atom is -0.122 e. The predicted octanol–water partition coefficient (Wildman–Crippen LogP) is 3.42. The molecule has 0 fully saturated rings. The molecule has 1 aliphatic rings. The molecular formula is C11H14S. The van der Waals surface area contributed by atoms with Crippen molar-refractivity contribution in [3.05, 3.63) is 29.3 Å². The van der Waals surface area contributed by atoms with Crippen LogP contribution in [-0.2, 0) is 6.42 Å². The topological polar surface area (TPSA) is 0 Å². The normalized spacial score (nSPS) is 21.0. The molecule has 1 aromatic carbocycles. The second kappa shape index (κ2) is 3.14. The van der Waals surface area contributed by atoms with E-state index in [1.165, 1.54) is 23.3 Å². The third kappa shape index (κ3) is 1.38. The zero-order valence-electron chi connectivity index (χ0n) is 7.63. The third-order valence-electron chi connectivity index (χ3n) is 2.42. The smallest absolute Gasteiger partial charge is 0.0133 e. The third-order valence-corrected chi connectivity index (χ3v) is 3.89. The fourth-order valence-electron chi connectivity index (χ4n) is 1.63. The second-order valence-electron chi connectivity index (χ2n) is 3.46. The Bertz CT molecular complexity index is 291. The van der Waals surface area contributed by atoms with Crippen LogP contribution in [0.3, 0.4) is 0 Å². The summed E-state index contributed by atoms with van der Waals surface area (Å²) in [5, 5.41) is 0.835. The van der Waals surface area contributed by atoms with Crippen LogP contribution >= 0.6 is 11.8 Å². The molecule has 2 rings (SSSR count). The molecule has 0 aromatic heterocycles. The fourth-order valence-corrected chi connectivity index (χ4v) is 2.98. The molecule has 0 saturated heterocycles. The van der Waals surface area contributed by atoms with Gasteiger partial charge < -0.3 is 0 Å². The van der Waals surface area contributed by atoms with E-state index in [-0.39, 0.29) is 0 Å². The molecule has 1 heteroatoms. The molecule has 0 saturated carbocycles. The summed E-state index contributed by atoms with van der Waals surface area (Å²) < 4.78 is 0. The van der Waals surface area contributed by atoms with Gasteiger partial charge in [-0.3, -0.25) is 0 Å². The molecule has 0 nitrogen and oxygen atoms in total. The highest BCUT2D eigenvalue weighted by atomic mass is 32.2. The zero-order valence-corrected chi connectivity index (χ0v) is 8.45. The first-order chi connectivity index (χ1) is 5.79. The molecule has 0 N–H and O–H groups in total. The maximum Gasteiger partial charge on any atom is 0.0133 e. The van der Waals surface area contributed by atoms with Crippen LogP contribution in [0, 0.1) is 6.92 Å². The lowest BCUT2D eigenvalue weighted by atomic mass is 10.1. The average molecular weight is 178 g/mol. The van der Waals surface area contributed by atoms with E-state index in [1.54, 1.807) is 5.56 Å². The van der Waals surface area contributed by atoms with Crippen molar-refractivity contribution in [2.75, 3.05) is 0 Å². The van der Waals surface area contributed by atoms with Crippen molar-refractivity contribution in [1.82, 2.24) is 0 Å². The molecule has 0 bridgehead atoms. The van der Waals surface area contributed by atoms with E-state index in [0.29, 0.717) is 0 Å². The van der Waals surface area contributed by atoms with E-state index in [9.17, 15) is 0 Å². The number of fused-ring (bicyclic) bond motifs is 1. The van der Waals surface area contributed by atoms with Gasteiger partial charge in [0, 0.05) is 10.1 Å². The Balaban J connectivity index is 2.30. The first-order valence-corrected chi connectivity index (χ1v) is 5.43. The van der Waals surface area contributed by atoms with Crippen LogP contribution in [0.2, 0.25) is 0 Å². The van der Waals surface area contributed by atoms with Crippen LogP contribution in [0.1, 0.15) is 24.5 Å². The highest BCUT2D eigenvalue weighted by molar-refractivity contribution is 8.00. The Kier molecular flexibility index (Phi) is 2.14. The van der Waals surface area contributed by atoms with Gasteiger partial charge >= 0.3 is 0 Å². The SMILES string of the molecule is CCC1Cc2ccc(C)cc2S1. The second-order valence-corrected chi connectivity index (χ2v) is 4.81. The van der Waals surface area contributed by atoms with E-state index >= 15 is 0 Å². The van der Waals surface area contributed by atoms with Crippen molar-refractivity contribution < 1.29 is 0 Å². The van der Waals surface area contributed by atoms with Crippen LogP contribution in [0.4, 0.5) is 0 Å². The van der Waals surface area contributed by atoms with E-state index in [2.05, 4.69) is 43.8 Å². The number of rotatable bonds is 1. The summed E-state index contributed by atoms with van der Waals surface area (Å²) in [6.45, 7) is 4.44. The van der Waals surface area contributed by atoms with E-state index < -0.39 is 0 Å². The van der Waals surface area contributed by atoms with Gasteiger partial charge in [-0.15, -0.1) is 11.8 Å². The quantitative estimate of drug-likeness (QED) is 0.635. The van der Waals surface area contributed by atoms with Crippen LogP contribution in [0.25, 0.3) is 0 Å². The minimum atomic E-state index is 0.835. The van der Waals surface area contributed by atoms with Gasteiger partial charge in [-0.05, 0) is 31.4 Å². The van der Waals surface area contributed by atoms with Gasteiger partial charge in [-0.25, -0.2) is 0 Å². The van der Waals surface area contributed by atoms with Crippen molar-refractivity contribution in [3.8, 4) is 0 Å². The van der Waals surface area contributed by atoms with Crippen molar-refractivity contribution in [2.45, 2.75) is 36.8 Å². The molecule has 1 unspecified atom stereocenters. The molecule has 12 heavy (non-hydrogen) atoms. The van der Waals surface area contributed by atoms with Crippen LogP contribution in [0.15, 0.2) is 23.1 Å². The van der Waals surface area contributed by atoms with Gasteiger partial charge in [-0.1, -0.05) is 24.6 Å². The van der Waals surface area contributed by atoms with Gasteiger partial charge in [0.1, 0.15) is 0 Å². The summed E-state index contributed by atoms with van der Waals surface area (Å²) in [7, 11) is 0.